The molecule has 0 heterocycles. The van der Waals surface area contributed by atoms with Gasteiger partial charge in [0.1, 0.15) is 6.61 Å². The van der Waals surface area contributed by atoms with E-state index in [1.807, 2.05) is 18.2 Å². The van der Waals surface area contributed by atoms with Crippen molar-refractivity contribution in [3.8, 4) is 0 Å². The second-order valence-corrected chi connectivity index (χ2v) is 5.01. The van der Waals surface area contributed by atoms with Crippen molar-refractivity contribution in [2.75, 3.05) is 6.61 Å². The molecule has 1 saturated carbocycles. The summed E-state index contributed by atoms with van der Waals surface area (Å²) in [5.74, 6) is -0.240. The maximum absolute atomic E-state index is 11.7. The van der Waals surface area contributed by atoms with Crippen LogP contribution in [-0.2, 0) is 4.74 Å². The molecule has 1 atom stereocenters. The van der Waals surface area contributed by atoms with Gasteiger partial charge in [0.15, 0.2) is 0 Å². The summed E-state index contributed by atoms with van der Waals surface area (Å²) in [6.45, 7) is 2.50. The van der Waals surface area contributed by atoms with E-state index in [4.69, 9.17) is 4.74 Å². The van der Waals surface area contributed by atoms with Crippen molar-refractivity contribution >= 4 is 5.97 Å². The quantitative estimate of drug-likeness (QED) is 0.813. The first-order chi connectivity index (χ1) is 8.75. The van der Waals surface area contributed by atoms with Gasteiger partial charge in [-0.3, -0.25) is 0 Å². The minimum Gasteiger partial charge on any atom is -0.460 e. The van der Waals surface area contributed by atoms with E-state index in [0.29, 0.717) is 18.2 Å². The maximum Gasteiger partial charge on any atom is 0.338 e. The zero-order valence-corrected chi connectivity index (χ0v) is 10.9. The van der Waals surface area contributed by atoms with E-state index in [-0.39, 0.29) is 12.0 Å². The molecule has 0 amide bonds. The molecule has 1 aliphatic carbocycles. The summed E-state index contributed by atoms with van der Waals surface area (Å²) in [6.07, 6.45) is 5.12. The van der Waals surface area contributed by atoms with Crippen LogP contribution in [0.5, 0.6) is 0 Å². The summed E-state index contributed by atoms with van der Waals surface area (Å²) in [4.78, 5) is 11.7. The van der Waals surface area contributed by atoms with E-state index >= 15 is 0 Å². The predicted molar refractivity (Wildman–Crippen MR) is 71.6 cm³/mol. The predicted octanol–water partition coefficient (Wildman–Crippen LogP) is 2.76. The molecule has 0 bridgehead atoms. The van der Waals surface area contributed by atoms with Crippen molar-refractivity contribution in [2.45, 2.75) is 44.7 Å². The van der Waals surface area contributed by atoms with Crippen LogP contribution in [0.4, 0.5) is 0 Å². The molecule has 3 heteroatoms. The van der Waals surface area contributed by atoms with Crippen LogP contribution in [0.1, 0.15) is 43.0 Å². The highest BCUT2D eigenvalue weighted by atomic mass is 16.5. The lowest BCUT2D eigenvalue weighted by Gasteiger charge is -2.19. The number of carbonyl (C=O) groups excluding carboxylic acids is 1. The fourth-order valence-electron chi connectivity index (χ4n) is 2.40. The van der Waals surface area contributed by atoms with Crippen LogP contribution in [0.25, 0.3) is 0 Å². The van der Waals surface area contributed by atoms with Crippen LogP contribution in [0.3, 0.4) is 0 Å². The Balaban J connectivity index is 1.72. The van der Waals surface area contributed by atoms with Gasteiger partial charge in [-0.05, 0) is 31.9 Å². The molecule has 1 aromatic rings. The van der Waals surface area contributed by atoms with E-state index in [0.717, 1.165) is 0 Å². The molecule has 1 N–H and O–H groups in total. The van der Waals surface area contributed by atoms with Crippen LogP contribution >= 0.6 is 0 Å². The van der Waals surface area contributed by atoms with Gasteiger partial charge in [0.25, 0.3) is 0 Å². The Bertz CT molecular complexity index is 371. The fourth-order valence-corrected chi connectivity index (χ4v) is 2.40. The van der Waals surface area contributed by atoms with Crippen molar-refractivity contribution in [3.63, 3.8) is 0 Å². The standard InChI is InChI=1S/C15H21NO2/c1-12(16-14-9-5-6-10-14)11-18-15(17)13-7-3-2-4-8-13/h2-4,7-8,12,14,16H,5-6,9-11H2,1H3. The monoisotopic (exact) mass is 247 g/mol. The average Bonchev–Trinajstić information content (AvgIpc) is 2.90. The molecule has 1 aliphatic rings. The average molecular weight is 247 g/mol. The van der Waals surface area contributed by atoms with Crippen molar-refractivity contribution < 1.29 is 9.53 Å². The van der Waals surface area contributed by atoms with E-state index in [2.05, 4.69) is 12.2 Å². The van der Waals surface area contributed by atoms with Crippen molar-refractivity contribution in [1.29, 1.82) is 0 Å². The zero-order valence-electron chi connectivity index (χ0n) is 10.9. The molecule has 0 aliphatic heterocycles. The van der Waals surface area contributed by atoms with Gasteiger partial charge < -0.3 is 10.1 Å². The minimum atomic E-state index is -0.240. The number of esters is 1. The normalized spacial score (nSPS) is 17.6. The molecule has 0 radical (unpaired) electrons. The lowest BCUT2D eigenvalue weighted by molar-refractivity contribution is 0.0467. The number of hydrogen-bond acceptors (Lipinski definition) is 3. The number of carbonyl (C=O) groups is 1. The highest BCUT2D eigenvalue weighted by Crippen LogP contribution is 2.18. The van der Waals surface area contributed by atoms with E-state index < -0.39 is 0 Å². The number of nitrogens with one attached hydrogen (secondary N) is 1. The summed E-state index contributed by atoms with van der Waals surface area (Å²) >= 11 is 0. The lowest BCUT2D eigenvalue weighted by atomic mass is 10.2. The SMILES string of the molecule is CC(COC(=O)c1ccccc1)NC1CCCC1. The van der Waals surface area contributed by atoms with Crippen LogP contribution < -0.4 is 5.32 Å². The summed E-state index contributed by atoms with van der Waals surface area (Å²) < 4.78 is 5.30. The molecule has 0 aromatic heterocycles. The van der Waals surface area contributed by atoms with Crippen LogP contribution in [0, 0.1) is 0 Å². The third-order valence-electron chi connectivity index (χ3n) is 3.35. The third-order valence-corrected chi connectivity index (χ3v) is 3.35. The largest absolute Gasteiger partial charge is 0.460 e. The first-order valence-electron chi connectivity index (χ1n) is 6.74. The maximum atomic E-state index is 11.7. The Hall–Kier alpha value is -1.35. The van der Waals surface area contributed by atoms with Crippen LogP contribution in [-0.4, -0.2) is 24.7 Å². The van der Waals surface area contributed by atoms with Gasteiger partial charge in [0.05, 0.1) is 5.56 Å². The summed E-state index contributed by atoms with van der Waals surface area (Å²) in [5.41, 5.74) is 0.616. The number of benzene rings is 1. The second-order valence-electron chi connectivity index (χ2n) is 5.01. The van der Waals surface area contributed by atoms with Crippen molar-refractivity contribution in [1.82, 2.24) is 5.32 Å². The van der Waals surface area contributed by atoms with Gasteiger partial charge in [-0.1, -0.05) is 31.0 Å². The molecule has 1 aromatic carbocycles. The van der Waals surface area contributed by atoms with Gasteiger partial charge in [-0.2, -0.15) is 0 Å². The summed E-state index contributed by atoms with van der Waals surface area (Å²) in [5, 5.41) is 3.51. The first-order valence-corrected chi connectivity index (χ1v) is 6.74. The topological polar surface area (TPSA) is 38.3 Å². The van der Waals surface area contributed by atoms with Gasteiger partial charge in [-0.15, -0.1) is 0 Å². The van der Waals surface area contributed by atoms with Gasteiger partial charge >= 0.3 is 5.97 Å². The molecule has 1 fully saturated rings. The zero-order chi connectivity index (χ0) is 12.8. The van der Waals surface area contributed by atoms with E-state index in [1.54, 1.807) is 12.1 Å². The second kappa shape index (κ2) is 6.55. The molecule has 3 nitrogen and oxygen atoms in total. The van der Waals surface area contributed by atoms with Gasteiger partial charge in [-0.25, -0.2) is 4.79 Å². The number of rotatable bonds is 5. The fraction of sp³-hybridized carbons (Fsp3) is 0.533. The van der Waals surface area contributed by atoms with Crippen molar-refractivity contribution in [2.24, 2.45) is 0 Å². The molecule has 98 valence electrons. The highest BCUT2D eigenvalue weighted by Gasteiger charge is 2.17. The summed E-state index contributed by atoms with van der Waals surface area (Å²) in [7, 11) is 0. The van der Waals surface area contributed by atoms with Crippen LogP contribution in [0.2, 0.25) is 0 Å². The molecule has 18 heavy (non-hydrogen) atoms. The Morgan fingerprint density at radius 3 is 2.67 bits per heavy atom. The molecule has 0 spiro atoms. The molecule has 1 unspecified atom stereocenters. The Labute approximate surface area is 109 Å². The van der Waals surface area contributed by atoms with E-state index in [1.165, 1.54) is 25.7 Å². The molecule has 0 saturated heterocycles. The van der Waals surface area contributed by atoms with E-state index in [9.17, 15) is 4.79 Å². The Kier molecular flexibility index (Phi) is 4.76. The molecular weight excluding hydrogens is 226 g/mol. The third kappa shape index (κ3) is 3.84. The highest BCUT2D eigenvalue weighted by molar-refractivity contribution is 5.89. The smallest absolute Gasteiger partial charge is 0.338 e. The Morgan fingerprint density at radius 2 is 2.00 bits per heavy atom. The van der Waals surface area contributed by atoms with Crippen LogP contribution in [0.15, 0.2) is 30.3 Å². The number of ether oxygens (including phenoxy) is 1. The van der Waals surface area contributed by atoms with Gasteiger partial charge in [0.2, 0.25) is 0 Å². The first kappa shape index (κ1) is 13.1. The van der Waals surface area contributed by atoms with Crippen molar-refractivity contribution in [3.05, 3.63) is 35.9 Å². The Morgan fingerprint density at radius 1 is 1.33 bits per heavy atom. The minimum absolute atomic E-state index is 0.223. The van der Waals surface area contributed by atoms with Gasteiger partial charge in [0, 0.05) is 12.1 Å². The lowest BCUT2D eigenvalue weighted by Crippen LogP contribution is -2.38. The summed E-state index contributed by atoms with van der Waals surface area (Å²) in [6, 6.07) is 9.96. The molecular formula is C15H21NO2. The number of hydrogen-bond donors (Lipinski definition) is 1. The molecule has 2 rings (SSSR count).